The lowest BCUT2D eigenvalue weighted by atomic mass is 10.5. The van der Waals surface area contributed by atoms with Gasteiger partial charge in [0.25, 0.3) is 0 Å². The predicted octanol–water partition coefficient (Wildman–Crippen LogP) is 0.987. The van der Waals surface area contributed by atoms with Crippen LogP contribution >= 0.6 is 0 Å². The van der Waals surface area contributed by atoms with Crippen molar-refractivity contribution in [2.24, 2.45) is 5.11 Å². The van der Waals surface area contributed by atoms with Gasteiger partial charge in [-0.25, -0.2) is 0 Å². The van der Waals surface area contributed by atoms with Crippen molar-refractivity contribution < 1.29 is 71.5 Å². The summed E-state index contributed by atoms with van der Waals surface area (Å²) in [7, 11) is 0. The smallest absolute Gasteiger partial charge is 0.305 e. The van der Waals surface area contributed by atoms with E-state index in [0.29, 0.717) is 172 Å². The molecular weight excluding hydrogens is 630 g/mol. The highest BCUT2D eigenvalue weighted by Gasteiger charge is 1.98. The molecule has 1 N–H and O–H groups in total. The molecule has 0 aromatic rings. The molecule has 0 amide bonds. The van der Waals surface area contributed by atoms with E-state index in [1.165, 1.54) is 0 Å². The average molecular weight is 688 g/mol. The molecule has 0 atom stereocenters. The van der Waals surface area contributed by atoms with Crippen LogP contribution in [0.15, 0.2) is 5.11 Å². The fraction of sp³-hybridized carbons (Fsp3) is 0.966. The van der Waals surface area contributed by atoms with Gasteiger partial charge in [-0.2, -0.15) is 0 Å². The monoisotopic (exact) mass is 687 g/mol. The molecule has 0 saturated carbocycles. The van der Waals surface area contributed by atoms with Crippen molar-refractivity contribution in [3.05, 3.63) is 10.4 Å². The number of carboxylic acids is 1. The molecule has 0 spiro atoms. The second kappa shape index (κ2) is 42.3. The summed E-state index contributed by atoms with van der Waals surface area (Å²) in [6.07, 6.45) is -0.00585. The molecule has 278 valence electrons. The van der Waals surface area contributed by atoms with E-state index in [1.807, 2.05) is 0 Å². The highest BCUT2D eigenvalue weighted by atomic mass is 16.6. The Morgan fingerprint density at radius 1 is 0.383 bits per heavy atom. The summed E-state index contributed by atoms with van der Waals surface area (Å²) in [6.45, 7) is 12.2. The molecule has 0 radical (unpaired) electrons. The van der Waals surface area contributed by atoms with Gasteiger partial charge in [0.2, 0.25) is 0 Å². The Kier molecular flexibility index (Phi) is 40.7. The zero-order valence-corrected chi connectivity index (χ0v) is 27.8. The van der Waals surface area contributed by atoms with Crippen LogP contribution in [0.1, 0.15) is 6.42 Å². The lowest BCUT2D eigenvalue weighted by Crippen LogP contribution is -2.15. The van der Waals surface area contributed by atoms with Crippen LogP contribution in [-0.4, -0.2) is 189 Å². The number of rotatable bonds is 42. The summed E-state index contributed by atoms with van der Waals surface area (Å²) in [5.41, 5.74) is 8.13. The predicted molar refractivity (Wildman–Crippen MR) is 167 cm³/mol. The molecule has 0 aliphatic rings. The molecule has 0 aromatic carbocycles. The van der Waals surface area contributed by atoms with Gasteiger partial charge in [-0.1, -0.05) is 5.11 Å². The molecule has 0 rings (SSSR count). The number of carboxylic acid groups (broad SMARTS) is 1. The average Bonchev–Trinajstić information content (AvgIpc) is 3.07. The molecule has 0 bridgehead atoms. The van der Waals surface area contributed by atoms with Crippen molar-refractivity contribution in [3.63, 3.8) is 0 Å². The van der Waals surface area contributed by atoms with Crippen molar-refractivity contribution in [3.8, 4) is 0 Å². The van der Waals surface area contributed by atoms with E-state index >= 15 is 0 Å². The van der Waals surface area contributed by atoms with Gasteiger partial charge < -0.3 is 66.7 Å². The van der Waals surface area contributed by atoms with E-state index in [9.17, 15) is 4.79 Å². The number of aliphatic carboxylic acids is 1. The van der Waals surface area contributed by atoms with Gasteiger partial charge in [0.1, 0.15) is 0 Å². The first-order valence-corrected chi connectivity index (χ1v) is 16.0. The minimum Gasteiger partial charge on any atom is -0.481 e. The van der Waals surface area contributed by atoms with Gasteiger partial charge in [-0.3, -0.25) is 4.79 Å². The normalized spacial score (nSPS) is 11.2. The molecule has 0 heterocycles. The van der Waals surface area contributed by atoms with Crippen LogP contribution in [0.2, 0.25) is 0 Å². The van der Waals surface area contributed by atoms with Gasteiger partial charge in [-0.15, -0.1) is 0 Å². The quantitative estimate of drug-likeness (QED) is 0.0411. The number of carbonyl (C=O) groups is 1. The SMILES string of the molecule is [N-]=[N+]=NCCOCCOCCOCCOCCOCCOCCOCCOCCOCCOCCOCCOCCOCCC(=O)O. The van der Waals surface area contributed by atoms with E-state index in [2.05, 4.69) is 10.0 Å². The van der Waals surface area contributed by atoms with Crippen molar-refractivity contribution in [1.29, 1.82) is 0 Å². The molecule has 0 aliphatic carbocycles. The van der Waals surface area contributed by atoms with Gasteiger partial charge in [0.15, 0.2) is 0 Å². The Hall–Kier alpha value is -1.74. The fourth-order valence-electron chi connectivity index (χ4n) is 3.05. The van der Waals surface area contributed by atoms with Crippen molar-refractivity contribution in [2.75, 3.05) is 178 Å². The van der Waals surface area contributed by atoms with E-state index in [1.54, 1.807) is 0 Å². The minimum atomic E-state index is -0.877. The lowest BCUT2D eigenvalue weighted by Gasteiger charge is -2.09. The Bertz CT molecular complexity index is 639. The molecule has 0 saturated heterocycles. The third-order valence-electron chi connectivity index (χ3n) is 5.32. The highest BCUT2D eigenvalue weighted by molar-refractivity contribution is 5.66. The first kappa shape index (κ1) is 45.3. The summed E-state index contributed by atoms with van der Waals surface area (Å²) < 4.78 is 69.9. The summed E-state index contributed by atoms with van der Waals surface area (Å²) in [6, 6.07) is 0. The molecule has 18 nitrogen and oxygen atoms in total. The highest BCUT2D eigenvalue weighted by Crippen LogP contribution is 1.88. The molecule has 0 aliphatic heterocycles. The number of azide groups is 1. The molecule has 0 unspecified atom stereocenters. The van der Waals surface area contributed by atoms with Crippen LogP contribution in [0.3, 0.4) is 0 Å². The molecular formula is C29H57N3O15. The van der Waals surface area contributed by atoms with Crippen LogP contribution in [0.25, 0.3) is 10.4 Å². The maximum atomic E-state index is 10.3. The van der Waals surface area contributed by atoms with Crippen molar-refractivity contribution >= 4 is 5.97 Å². The summed E-state index contributed by atoms with van der Waals surface area (Å²) in [4.78, 5) is 13.0. The number of hydrogen-bond acceptors (Lipinski definition) is 15. The second-order valence-electron chi connectivity index (χ2n) is 9.06. The third-order valence-corrected chi connectivity index (χ3v) is 5.32. The largest absolute Gasteiger partial charge is 0.481 e. The Labute approximate surface area is 278 Å². The lowest BCUT2D eigenvalue weighted by molar-refractivity contribution is -0.138. The zero-order chi connectivity index (χ0) is 34.0. The summed E-state index contributed by atoms with van der Waals surface area (Å²) in [5.74, 6) is -0.877. The summed E-state index contributed by atoms with van der Waals surface area (Å²) in [5, 5.41) is 11.9. The second-order valence-corrected chi connectivity index (χ2v) is 9.06. The van der Waals surface area contributed by atoms with E-state index in [4.69, 9.17) is 72.2 Å². The first-order chi connectivity index (χ1) is 23.3. The first-order valence-electron chi connectivity index (χ1n) is 16.0. The fourth-order valence-corrected chi connectivity index (χ4v) is 3.05. The molecule has 0 aromatic heterocycles. The van der Waals surface area contributed by atoms with Gasteiger partial charge in [-0.05, 0) is 5.53 Å². The van der Waals surface area contributed by atoms with Crippen molar-refractivity contribution in [2.45, 2.75) is 6.42 Å². The topological polar surface area (TPSA) is 206 Å². The molecule has 0 fully saturated rings. The number of hydrogen-bond donors (Lipinski definition) is 1. The van der Waals surface area contributed by atoms with E-state index in [0.717, 1.165) is 0 Å². The van der Waals surface area contributed by atoms with Gasteiger partial charge >= 0.3 is 5.97 Å². The summed E-state index contributed by atoms with van der Waals surface area (Å²) >= 11 is 0. The van der Waals surface area contributed by atoms with Gasteiger partial charge in [0.05, 0.1) is 178 Å². The minimum absolute atomic E-state index is 0.00585. The Morgan fingerprint density at radius 2 is 0.574 bits per heavy atom. The van der Waals surface area contributed by atoms with Crippen LogP contribution in [-0.2, 0) is 66.4 Å². The van der Waals surface area contributed by atoms with E-state index < -0.39 is 5.97 Å². The van der Waals surface area contributed by atoms with Crippen LogP contribution in [0.5, 0.6) is 0 Å². The van der Waals surface area contributed by atoms with E-state index in [-0.39, 0.29) is 13.0 Å². The standard InChI is InChI=1S/C29H57N3O15/c30-32-31-2-4-36-6-8-38-10-12-40-14-16-42-18-20-44-22-24-46-26-28-47-27-25-45-23-21-43-19-17-41-15-13-39-11-9-37-7-5-35-3-1-29(33)34/h1-28H2,(H,33,34). The third kappa shape index (κ3) is 44.3. The number of nitrogens with zero attached hydrogens (tertiary/aromatic N) is 3. The van der Waals surface area contributed by atoms with Crippen molar-refractivity contribution in [1.82, 2.24) is 0 Å². The molecule has 18 heteroatoms. The van der Waals surface area contributed by atoms with Crippen LogP contribution < -0.4 is 0 Å². The Balaban J connectivity index is 3.05. The van der Waals surface area contributed by atoms with Crippen LogP contribution in [0, 0.1) is 0 Å². The zero-order valence-electron chi connectivity index (χ0n) is 27.8. The Morgan fingerprint density at radius 3 is 0.766 bits per heavy atom. The maximum Gasteiger partial charge on any atom is 0.305 e. The maximum absolute atomic E-state index is 10.3. The van der Waals surface area contributed by atoms with Gasteiger partial charge in [0, 0.05) is 11.5 Å². The number of ether oxygens (including phenoxy) is 13. The van der Waals surface area contributed by atoms with Crippen LogP contribution in [0.4, 0.5) is 0 Å². The molecule has 47 heavy (non-hydrogen) atoms.